The van der Waals surface area contributed by atoms with E-state index in [1.807, 2.05) is 11.1 Å². The molecule has 2 amide bonds. The van der Waals surface area contributed by atoms with E-state index in [4.69, 9.17) is 9.47 Å². The van der Waals surface area contributed by atoms with Gasteiger partial charge in [-0.3, -0.25) is 14.6 Å². The third kappa shape index (κ3) is 4.47. The number of fused-ring (bicyclic) bond motifs is 1. The zero-order chi connectivity index (χ0) is 19.4. The first-order valence-electron chi connectivity index (χ1n) is 9.49. The van der Waals surface area contributed by atoms with Crippen LogP contribution in [0.5, 0.6) is 0 Å². The van der Waals surface area contributed by atoms with E-state index in [-0.39, 0.29) is 24.0 Å². The van der Waals surface area contributed by atoms with Crippen molar-refractivity contribution in [2.24, 2.45) is 0 Å². The van der Waals surface area contributed by atoms with Gasteiger partial charge in [-0.15, -0.1) is 0 Å². The van der Waals surface area contributed by atoms with Gasteiger partial charge in [0.05, 0.1) is 18.6 Å². The van der Waals surface area contributed by atoms with Gasteiger partial charge in [-0.05, 0) is 42.4 Å². The Balaban J connectivity index is 1.59. The summed E-state index contributed by atoms with van der Waals surface area (Å²) in [6, 6.07) is 0. The minimum absolute atomic E-state index is 0.0559. The first kappa shape index (κ1) is 19.8. The lowest BCUT2D eigenvalue weighted by atomic mass is 9.77. The summed E-state index contributed by atoms with van der Waals surface area (Å²) in [4.78, 5) is 32.1. The Morgan fingerprint density at radius 1 is 1.30 bits per heavy atom. The van der Waals surface area contributed by atoms with Crippen LogP contribution in [0.4, 0.5) is 0 Å². The van der Waals surface area contributed by atoms with Crippen molar-refractivity contribution in [3.8, 4) is 0 Å². The maximum absolute atomic E-state index is 12.7. The van der Waals surface area contributed by atoms with Crippen LogP contribution in [-0.4, -0.2) is 66.6 Å². The molecule has 0 N–H and O–H groups in total. The SMILES string of the molecule is COC1(CC(=O)N2CCc3c(COCC(=O)N(C)C)cncc3C2)CCC1. The largest absolute Gasteiger partial charge is 0.378 e. The Morgan fingerprint density at radius 2 is 2.07 bits per heavy atom. The molecule has 0 atom stereocenters. The van der Waals surface area contributed by atoms with Gasteiger partial charge in [0.2, 0.25) is 11.8 Å². The fourth-order valence-electron chi connectivity index (χ4n) is 3.69. The number of carbonyl (C=O) groups excluding carboxylic acids is 2. The second-order valence-electron chi connectivity index (χ2n) is 7.70. The zero-order valence-corrected chi connectivity index (χ0v) is 16.5. The zero-order valence-electron chi connectivity index (χ0n) is 16.5. The van der Waals surface area contributed by atoms with E-state index in [2.05, 4.69) is 4.98 Å². The van der Waals surface area contributed by atoms with Crippen molar-refractivity contribution in [3.05, 3.63) is 29.1 Å². The van der Waals surface area contributed by atoms with E-state index < -0.39 is 0 Å². The van der Waals surface area contributed by atoms with Crippen molar-refractivity contribution in [3.63, 3.8) is 0 Å². The fraction of sp³-hybridized carbons (Fsp3) is 0.650. The number of aromatic nitrogens is 1. The van der Waals surface area contributed by atoms with Crippen LogP contribution in [0.25, 0.3) is 0 Å². The number of rotatable bonds is 7. The number of ether oxygens (including phenoxy) is 2. The summed E-state index contributed by atoms with van der Waals surface area (Å²) >= 11 is 0. The maximum Gasteiger partial charge on any atom is 0.248 e. The number of nitrogens with zero attached hydrogens (tertiary/aromatic N) is 3. The highest BCUT2D eigenvalue weighted by atomic mass is 16.5. The highest BCUT2D eigenvalue weighted by molar-refractivity contribution is 5.78. The molecule has 148 valence electrons. The molecule has 1 aromatic rings. The quantitative estimate of drug-likeness (QED) is 0.723. The molecule has 3 rings (SSSR count). The standard InChI is InChI=1S/C20H29N3O4/c1-22(2)19(25)14-27-13-16-11-21-10-15-12-23(8-5-17(15)16)18(24)9-20(26-3)6-4-7-20/h10-11H,4-9,12-14H2,1-3H3. The molecule has 1 aliphatic heterocycles. The first-order chi connectivity index (χ1) is 12.9. The molecule has 0 aromatic carbocycles. The minimum atomic E-state index is -0.246. The first-order valence-corrected chi connectivity index (χ1v) is 9.49. The predicted octanol–water partition coefficient (Wildman–Crippen LogP) is 1.53. The molecular formula is C20H29N3O4. The summed E-state index contributed by atoms with van der Waals surface area (Å²) in [7, 11) is 5.12. The van der Waals surface area contributed by atoms with Crippen LogP contribution < -0.4 is 0 Å². The molecule has 7 nitrogen and oxygen atoms in total. The predicted molar refractivity (Wildman–Crippen MR) is 99.9 cm³/mol. The molecule has 1 aromatic heterocycles. The van der Waals surface area contributed by atoms with Crippen molar-refractivity contribution < 1.29 is 19.1 Å². The Morgan fingerprint density at radius 3 is 2.70 bits per heavy atom. The number of likely N-dealkylation sites (N-methyl/N-ethyl adjacent to an activating group) is 1. The lowest BCUT2D eigenvalue weighted by molar-refractivity contribution is -0.145. The van der Waals surface area contributed by atoms with E-state index in [9.17, 15) is 9.59 Å². The van der Waals surface area contributed by atoms with Crippen LogP contribution in [0, 0.1) is 0 Å². The fourth-order valence-corrected chi connectivity index (χ4v) is 3.69. The van der Waals surface area contributed by atoms with E-state index in [0.717, 1.165) is 36.8 Å². The summed E-state index contributed by atoms with van der Waals surface area (Å²) in [5.41, 5.74) is 3.01. The number of pyridine rings is 1. The Kier molecular flexibility index (Phi) is 6.11. The number of hydrogen-bond acceptors (Lipinski definition) is 5. The molecule has 0 radical (unpaired) electrons. The summed E-state index contributed by atoms with van der Waals surface area (Å²) in [6.45, 7) is 1.68. The van der Waals surface area contributed by atoms with E-state index in [1.54, 1.807) is 27.4 Å². The number of carbonyl (C=O) groups is 2. The molecule has 0 unspecified atom stereocenters. The van der Waals surface area contributed by atoms with Gasteiger partial charge in [0.15, 0.2) is 0 Å². The molecule has 1 saturated carbocycles. The van der Waals surface area contributed by atoms with Crippen LogP contribution in [0.2, 0.25) is 0 Å². The van der Waals surface area contributed by atoms with Gasteiger partial charge in [-0.1, -0.05) is 0 Å². The molecule has 0 spiro atoms. The molecule has 7 heteroatoms. The molecule has 2 heterocycles. The smallest absolute Gasteiger partial charge is 0.248 e. The topological polar surface area (TPSA) is 72.0 Å². The highest BCUT2D eigenvalue weighted by Gasteiger charge is 2.40. The molecule has 27 heavy (non-hydrogen) atoms. The lowest BCUT2D eigenvalue weighted by Gasteiger charge is -2.41. The third-order valence-electron chi connectivity index (χ3n) is 5.73. The monoisotopic (exact) mass is 375 g/mol. The van der Waals surface area contributed by atoms with Gasteiger partial charge in [0.1, 0.15) is 6.61 Å². The normalized spacial score (nSPS) is 17.8. The van der Waals surface area contributed by atoms with Gasteiger partial charge in [-0.25, -0.2) is 0 Å². The Hall–Kier alpha value is -1.99. The van der Waals surface area contributed by atoms with Crippen molar-refractivity contribution in [2.45, 2.75) is 50.9 Å². The lowest BCUT2D eigenvalue weighted by Crippen LogP contribution is -2.46. The third-order valence-corrected chi connectivity index (χ3v) is 5.73. The van der Waals surface area contributed by atoms with Gasteiger partial charge < -0.3 is 19.3 Å². The van der Waals surface area contributed by atoms with Gasteiger partial charge in [0.25, 0.3) is 0 Å². The second-order valence-corrected chi connectivity index (χ2v) is 7.70. The second kappa shape index (κ2) is 8.35. The number of methoxy groups -OCH3 is 1. The minimum Gasteiger partial charge on any atom is -0.378 e. The van der Waals surface area contributed by atoms with Crippen LogP contribution in [0.1, 0.15) is 42.4 Å². The average molecular weight is 375 g/mol. The summed E-state index contributed by atoms with van der Waals surface area (Å²) < 4.78 is 11.2. The van der Waals surface area contributed by atoms with Crippen LogP contribution in [0.15, 0.2) is 12.4 Å². The molecule has 2 aliphatic rings. The molecule has 1 aliphatic carbocycles. The van der Waals surface area contributed by atoms with Crippen molar-refractivity contribution in [1.29, 1.82) is 0 Å². The van der Waals surface area contributed by atoms with Gasteiger partial charge in [0, 0.05) is 46.7 Å². The molecular weight excluding hydrogens is 346 g/mol. The van der Waals surface area contributed by atoms with Crippen LogP contribution >= 0.6 is 0 Å². The highest BCUT2D eigenvalue weighted by Crippen LogP contribution is 2.38. The Bertz CT molecular complexity index is 695. The van der Waals surface area contributed by atoms with Crippen molar-refractivity contribution >= 4 is 11.8 Å². The number of amides is 2. The van der Waals surface area contributed by atoms with Crippen molar-refractivity contribution in [1.82, 2.24) is 14.8 Å². The van der Waals surface area contributed by atoms with Gasteiger partial charge in [-0.2, -0.15) is 0 Å². The molecule has 1 fully saturated rings. The van der Waals surface area contributed by atoms with E-state index in [1.165, 1.54) is 10.5 Å². The average Bonchev–Trinajstić information content (AvgIpc) is 2.64. The molecule has 0 bridgehead atoms. The maximum atomic E-state index is 12.7. The van der Waals surface area contributed by atoms with E-state index in [0.29, 0.717) is 26.1 Å². The van der Waals surface area contributed by atoms with Gasteiger partial charge >= 0.3 is 0 Å². The number of hydrogen-bond donors (Lipinski definition) is 0. The van der Waals surface area contributed by atoms with Crippen LogP contribution in [-0.2, 0) is 38.6 Å². The Labute approximate surface area is 160 Å². The summed E-state index contributed by atoms with van der Waals surface area (Å²) in [5.74, 6) is 0.0908. The summed E-state index contributed by atoms with van der Waals surface area (Å²) in [5, 5.41) is 0. The van der Waals surface area contributed by atoms with E-state index >= 15 is 0 Å². The summed E-state index contributed by atoms with van der Waals surface area (Å²) in [6.07, 6.45) is 7.94. The van der Waals surface area contributed by atoms with Crippen LogP contribution in [0.3, 0.4) is 0 Å². The molecule has 0 saturated heterocycles. The van der Waals surface area contributed by atoms with Crippen molar-refractivity contribution in [2.75, 3.05) is 34.4 Å².